The number of nitrogens with zero attached hydrogens (tertiary/aromatic N) is 5. The lowest BCUT2D eigenvalue weighted by molar-refractivity contribution is 0.396. The van der Waals surface area contributed by atoms with Crippen LogP contribution in [0.4, 0.5) is 0 Å². The zero-order valence-corrected chi connectivity index (χ0v) is 16.5. The summed E-state index contributed by atoms with van der Waals surface area (Å²) in [5.41, 5.74) is 3.48. The van der Waals surface area contributed by atoms with E-state index in [0.29, 0.717) is 19.6 Å². The summed E-state index contributed by atoms with van der Waals surface area (Å²) in [6.45, 7) is 2.10. The highest BCUT2D eigenvalue weighted by molar-refractivity contribution is 5.79. The highest BCUT2D eigenvalue weighted by Crippen LogP contribution is 2.18. The minimum absolute atomic E-state index is 0.689. The van der Waals surface area contributed by atoms with Crippen LogP contribution in [0.1, 0.15) is 16.7 Å². The summed E-state index contributed by atoms with van der Waals surface area (Å²) in [5.74, 6) is 1.71. The second-order valence-corrected chi connectivity index (χ2v) is 6.48. The number of guanidine groups is 1. The normalized spacial score (nSPS) is 11.3. The van der Waals surface area contributed by atoms with Gasteiger partial charge in [0.2, 0.25) is 0 Å². The van der Waals surface area contributed by atoms with Crippen molar-refractivity contribution < 1.29 is 4.74 Å². The zero-order valence-electron chi connectivity index (χ0n) is 16.5. The van der Waals surface area contributed by atoms with Crippen molar-refractivity contribution in [2.24, 2.45) is 4.99 Å². The van der Waals surface area contributed by atoms with Gasteiger partial charge in [-0.05, 0) is 17.2 Å². The van der Waals surface area contributed by atoms with E-state index >= 15 is 0 Å². The van der Waals surface area contributed by atoms with E-state index in [1.54, 1.807) is 26.8 Å². The van der Waals surface area contributed by atoms with Crippen molar-refractivity contribution in [2.75, 3.05) is 21.2 Å². The second-order valence-electron chi connectivity index (χ2n) is 6.48. The molecule has 2 aromatic carbocycles. The number of hydrogen-bond acceptors (Lipinski definition) is 4. The number of aliphatic imine (C=N–C) groups is 1. The number of aromatic nitrogens is 3. The average molecular weight is 378 g/mol. The van der Waals surface area contributed by atoms with Crippen LogP contribution in [0.2, 0.25) is 0 Å². The van der Waals surface area contributed by atoms with Crippen molar-refractivity contribution >= 4 is 5.96 Å². The Morgan fingerprint density at radius 2 is 2.00 bits per heavy atom. The Balaban J connectivity index is 1.60. The minimum atomic E-state index is 0.689. The Morgan fingerprint density at radius 3 is 2.75 bits per heavy atom. The molecule has 7 nitrogen and oxygen atoms in total. The molecule has 0 aliphatic heterocycles. The van der Waals surface area contributed by atoms with Gasteiger partial charge < -0.3 is 15.0 Å². The Bertz CT molecular complexity index is 907. The molecule has 1 aromatic heterocycles. The van der Waals surface area contributed by atoms with Crippen molar-refractivity contribution in [3.8, 4) is 5.75 Å². The van der Waals surface area contributed by atoms with E-state index in [9.17, 15) is 0 Å². The molecule has 0 saturated carbocycles. The lowest BCUT2D eigenvalue weighted by atomic mass is 10.1. The maximum Gasteiger partial charge on any atom is 0.193 e. The van der Waals surface area contributed by atoms with E-state index in [1.807, 2.05) is 29.9 Å². The number of benzene rings is 2. The molecular weight excluding hydrogens is 352 g/mol. The number of nitrogens with one attached hydrogen (secondary N) is 1. The van der Waals surface area contributed by atoms with Crippen LogP contribution in [-0.4, -0.2) is 46.8 Å². The van der Waals surface area contributed by atoms with Gasteiger partial charge in [-0.1, -0.05) is 42.5 Å². The van der Waals surface area contributed by atoms with Gasteiger partial charge in [-0.3, -0.25) is 4.99 Å². The summed E-state index contributed by atoms with van der Waals surface area (Å²) in [5, 5.41) is 7.59. The molecule has 0 spiro atoms. The molecule has 0 bridgehead atoms. The molecule has 0 saturated heterocycles. The fourth-order valence-electron chi connectivity index (χ4n) is 3.07. The number of methoxy groups -OCH3 is 1. The quantitative estimate of drug-likeness (QED) is 0.505. The molecule has 0 atom stereocenters. The third-order valence-corrected chi connectivity index (χ3v) is 4.43. The predicted molar refractivity (Wildman–Crippen MR) is 110 cm³/mol. The first-order valence-electron chi connectivity index (χ1n) is 9.13. The Kier molecular flexibility index (Phi) is 6.62. The van der Waals surface area contributed by atoms with E-state index in [0.717, 1.165) is 17.3 Å². The summed E-state index contributed by atoms with van der Waals surface area (Å²) in [7, 11) is 5.50. The molecule has 3 rings (SSSR count). The van der Waals surface area contributed by atoms with Gasteiger partial charge in [0.25, 0.3) is 0 Å². The SMILES string of the molecule is CN=C(NCc1cccc(Cn2cncn2)c1)N(C)Cc1ccccc1OC. The first kappa shape index (κ1) is 19.4. The van der Waals surface area contributed by atoms with Gasteiger partial charge >= 0.3 is 0 Å². The lowest BCUT2D eigenvalue weighted by Gasteiger charge is -2.23. The number of ether oxygens (including phenoxy) is 1. The van der Waals surface area contributed by atoms with E-state index < -0.39 is 0 Å². The largest absolute Gasteiger partial charge is 0.496 e. The van der Waals surface area contributed by atoms with Crippen LogP contribution in [0.3, 0.4) is 0 Å². The van der Waals surface area contributed by atoms with Crippen LogP contribution < -0.4 is 10.1 Å². The molecule has 0 fully saturated rings. The van der Waals surface area contributed by atoms with Crippen LogP contribution >= 0.6 is 0 Å². The number of para-hydroxylation sites is 1. The van der Waals surface area contributed by atoms with Crippen LogP contribution in [0.25, 0.3) is 0 Å². The van der Waals surface area contributed by atoms with Crippen molar-refractivity contribution in [3.05, 3.63) is 77.9 Å². The molecule has 7 heteroatoms. The molecule has 0 amide bonds. The molecule has 1 N–H and O–H groups in total. The maximum absolute atomic E-state index is 5.45. The van der Waals surface area contributed by atoms with E-state index in [2.05, 4.69) is 55.6 Å². The smallest absolute Gasteiger partial charge is 0.193 e. The second kappa shape index (κ2) is 9.55. The summed E-state index contributed by atoms with van der Waals surface area (Å²) >= 11 is 0. The van der Waals surface area contributed by atoms with Gasteiger partial charge in [0, 0.05) is 32.7 Å². The van der Waals surface area contributed by atoms with E-state index in [1.165, 1.54) is 11.1 Å². The summed E-state index contributed by atoms with van der Waals surface area (Å²) in [4.78, 5) is 10.5. The lowest BCUT2D eigenvalue weighted by Crippen LogP contribution is -2.38. The van der Waals surface area contributed by atoms with Crippen LogP contribution in [-0.2, 0) is 19.6 Å². The molecule has 1 heterocycles. The standard InChI is InChI=1S/C21H26N6O/c1-22-21(26(2)14-19-9-4-5-10-20(19)28-3)24-12-17-7-6-8-18(11-17)13-27-16-23-15-25-27/h4-11,15-16H,12-14H2,1-3H3,(H,22,24). The first-order chi connectivity index (χ1) is 13.7. The molecule has 0 aliphatic carbocycles. The monoisotopic (exact) mass is 378 g/mol. The van der Waals surface area contributed by atoms with Crippen molar-refractivity contribution in [2.45, 2.75) is 19.6 Å². The Labute approximate surface area is 165 Å². The predicted octanol–water partition coefficient (Wildman–Crippen LogP) is 2.54. The molecule has 28 heavy (non-hydrogen) atoms. The fourth-order valence-corrected chi connectivity index (χ4v) is 3.07. The van der Waals surface area contributed by atoms with Crippen molar-refractivity contribution in [3.63, 3.8) is 0 Å². The van der Waals surface area contributed by atoms with Gasteiger partial charge in [-0.25, -0.2) is 9.67 Å². The number of rotatable bonds is 7. The van der Waals surface area contributed by atoms with Gasteiger partial charge in [-0.2, -0.15) is 5.10 Å². The van der Waals surface area contributed by atoms with Gasteiger partial charge in [0.05, 0.1) is 13.7 Å². The van der Waals surface area contributed by atoms with Gasteiger partial charge in [0.1, 0.15) is 18.4 Å². The molecular formula is C21H26N6O. The zero-order chi connectivity index (χ0) is 19.8. The van der Waals surface area contributed by atoms with Gasteiger partial charge in [-0.15, -0.1) is 0 Å². The number of hydrogen-bond donors (Lipinski definition) is 1. The highest BCUT2D eigenvalue weighted by Gasteiger charge is 2.10. The van der Waals surface area contributed by atoms with E-state index in [-0.39, 0.29) is 0 Å². The van der Waals surface area contributed by atoms with Crippen LogP contribution in [0.5, 0.6) is 5.75 Å². The summed E-state index contributed by atoms with van der Waals surface area (Å²) in [6.07, 6.45) is 3.27. The Morgan fingerprint density at radius 1 is 1.18 bits per heavy atom. The topological polar surface area (TPSA) is 67.6 Å². The van der Waals surface area contributed by atoms with Crippen molar-refractivity contribution in [1.82, 2.24) is 25.0 Å². The molecule has 0 aliphatic rings. The minimum Gasteiger partial charge on any atom is -0.496 e. The average Bonchev–Trinajstić information content (AvgIpc) is 3.22. The highest BCUT2D eigenvalue weighted by atomic mass is 16.5. The van der Waals surface area contributed by atoms with Crippen LogP contribution in [0, 0.1) is 0 Å². The third-order valence-electron chi connectivity index (χ3n) is 4.43. The summed E-state index contributed by atoms with van der Waals surface area (Å²) in [6, 6.07) is 16.5. The molecule has 3 aromatic rings. The first-order valence-corrected chi connectivity index (χ1v) is 9.13. The van der Waals surface area contributed by atoms with Gasteiger partial charge in [0.15, 0.2) is 5.96 Å². The summed E-state index contributed by atoms with van der Waals surface area (Å²) < 4.78 is 7.26. The molecule has 0 unspecified atom stereocenters. The maximum atomic E-state index is 5.45. The van der Waals surface area contributed by atoms with Crippen molar-refractivity contribution in [1.29, 1.82) is 0 Å². The Hall–Kier alpha value is -3.35. The van der Waals surface area contributed by atoms with E-state index in [4.69, 9.17) is 4.74 Å². The fraction of sp³-hybridized carbons (Fsp3) is 0.286. The van der Waals surface area contributed by atoms with Crippen LogP contribution in [0.15, 0.2) is 66.2 Å². The molecule has 146 valence electrons. The third kappa shape index (κ3) is 5.09. The molecule has 0 radical (unpaired) electrons.